The summed E-state index contributed by atoms with van der Waals surface area (Å²) < 4.78 is 5.80. The van der Waals surface area contributed by atoms with Gasteiger partial charge in [0.15, 0.2) is 0 Å². The second-order valence-electron chi connectivity index (χ2n) is 4.70. The Morgan fingerprint density at radius 2 is 2.20 bits per heavy atom. The molecule has 0 aromatic heterocycles. The van der Waals surface area contributed by atoms with Gasteiger partial charge in [0.25, 0.3) is 0 Å². The highest BCUT2D eigenvalue weighted by Crippen LogP contribution is 2.25. The van der Waals surface area contributed by atoms with Crippen molar-refractivity contribution in [1.82, 2.24) is 5.32 Å². The zero-order valence-electron chi connectivity index (χ0n) is 12.6. The third-order valence-corrected chi connectivity index (χ3v) is 3.23. The van der Waals surface area contributed by atoms with Crippen LogP contribution in [0.1, 0.15) is 44.2 Å². The second kappa shape index (κ2) is 9.17. The van der Waals surface area contributed by atoms with Gasteiger partial charge in [0.1, 0.15) is 11.8 Å². The Morgan fingerprint density at radius 1 is 1.40 bits per heavy atom. The molecule has 1 N–H and O–H groups in total. The van der Waals surface area contributed by atoms with Crippen molar-refractivity contribution in [3.63, 3.8) is 0 Å². The van der Waals surface area contributed by atoms with Gasteiger partial charge in [0, 0.05) is 11.6 Å². The zero-order valence-corrected chi connectivity index (χ0v) is 12.6. The van der Waals surface area contributed by atoms with E-state index in [9.17, 15) is 5.26 Å². The van der Waals surface area contributed by atoms with Crippen molar-refractivity contribution >= 4 is 6.08 Å². The van der Waals surface area contributed by atoms with Crippen LogP contribution < -0.4 is 10.1 Å². The first-order valence-electron chi connectivity index (χ1n) is 7.28. The molecule has 1 rings (SSSR count). The molecule has 0 spiro atoms. The zero-order chi connectivity index (χ0) is 14.8. The SMILES string of the molecule is CCCCOc1c(C#N)cccc1/C=C/[C@@H](CC)NC. The number of ether oxygens (including phenoxy) is 1. The number of nitrogens with one attached hydrogen (secondary N) is 1. The molecule has 0 saturated heterocycles. The van der Waals surface area contributed by atoms with E-state index in [1.807, 2.05) is 25.3 Å². The van der Waals surface area contributed by atoms with Gasteiger partial charge in [0.2, 0.25) is 0 Å². The Kier molecular flexibility index (Phi) is 7.46. The van der Waals surface area contributed by atoms with Crippen molar-refractivity contribution in [2.75, 3.05) is 13.7 Å². The lowest BCUT2D eigenvalue weighted by atomic mass is 10.1. The first-order chi connectivity index (χ1) is 9.76. The van der Waals surface area contributed by atoms with Crippen LogP contribution in [-0.4, -0.2) is 19.7 Å². The van der Waals surface area contributed by atoms with Crippen LogP contribution in [0.25, 0.3) is 6.08 Å². The topological polar surface area (TPSA) is 45.0 Å². The van der Waals surface area contributed by atoms with E-state index in [1.165, 1.54) is 0 Å². The summed E-state index contributed by atoms with van der Waals surface area (Å²) in [6, 6.07) is 8.22. The number of benzene rings is 1. The minimum Gasteiger partial charge on any atom is -0.492 e. The first kappa shape index (κ1) is 16.3. The summed E-state index contributed by atoms with van der Waals surface area (Å²) in [5, 5.41) is 12.4. The first-order valence-corrected chi connectivity index (χ1v) is 7.28. The largest absolute Gasteiger partial charge is 0.492 e. The van der Waals surface area contributed by atoms with Crippen molar-refractivity contribution in [3.05, 3.63) is 35.4 Å². The highest BCUT2D eigenvalue weighted by Gasteiger charge is 2.08. The third kappa shape index (κ3) is 4.71. The monoisotopic (exact) mass is 272 g/mol. The highest BCUT2D eigenvalue weighted by atomic mass is 16.5. The summed E-state index contributed by atoms with van der Waals surface area (Å²) >= 11 is 0. The summed E-state index contributed by atoms with van der Waals surface area (Å²) in [5.74, 6) is 0.700. The lowest BCUT2D eigenvalue weighted by molar-refractivity contribution is 0.308. The molecule has 0 amide bonds. The highest BCUT2D eigenvalue weighted by molar-refractivity contribution is 5.62. The van der Waals surface area contributed by atoms with Gasteiger partial charge in [0.05, 0.1) is 12.2 Å². The summed E-state index contributed by atoms with van der Waals surface area (Å²) in [5.41, 5.74) is 1.56. The fourth-order valence-electron chi connectivity index (χ4n) is 1.91. The maximum atomic E-state index is 9.20. The van der Waals surface area contributed by atoms with Gasteiger partial charge in [-0.2, -0.15) is 5.26 Å². The molecule has 0 heterocycles. The maximum absolute atomic E-state index is 9.20. The van der Waals surface area contributed by atoms with Crippen molar-refractivity contribution in [2.45, 2.75) is 39.2 Å². The van der Waals surface area contributed by atoms with Crippen molar-refractivity contribution < 1.29 is 4.74 Å². The van der Waals surface area contributed by atoms with Crippen LogP contribution >= 0.6 is 0 Å². The Bertz CT molecular complexity index is 470. The average Bonchev–Trinajstić information content (AvgIpc) is 2.49. The van der Waals surface area contributed by atoms with Crippen LogP contribution in [0.15, 0.2) is 24.3 Å². The van der Waals surface area contributed by atoms with E-state index in [2.05, 4.69) is 31.3 Å². The number of nitrogens with zero attached hydrogens (tertiary/aromatic N) is 1. The molecule has 1 aromatic rings. The summed E-state index contributed by atoms with van der Waals surface area (Å²) in [4.78, 5) is 0. The molecule has 0 unspecified atom stereocenters. The Hall–Kier alpha value is -1.79. The molecule has 0 fully saturated rings. The summed E-state index contributed by atoms with van der Waals surface area (Å²) in [6.07, 6.45) is 7.25. The molecule has 0 aliphatic carbocycles. The van der Waals surface area contributed by atoms with Gasteiger partial charge >= 0.3 is 0 Å². The average molecular weight is 272 g/mol. The minimum absolute atomic E-state index is 0.337. The fourth-order valence-corrected chi connectivity index (χ4v) is 1.91. The van der Waals surface area contributed by atoms with Crippen LogP contribution in [0.4, 0.5) is 0 Å². The molecule has 108 valence electrons. The van der Waals surface area contributed by atoms with Crippen LogP contribution in [0.2, 0.25) is 0 Å². The molecule has 20 heavy (non-hydrogen) atoms. The number of nitriles is 1. The smallest absolute Gasteiger partial charge is 0.144 e. The van der Waals surface area contributed by atoms with Crippen LogP contribution in [0.5, 0.6) is 5.75 Å². The number of para-hydroxylation sites is 1. The number of likely N-dealkylation sites (N-methyl/N-ethyl adjacent to an activating group) is 1. The second-order valence-corrected chi connectivity index (χ2v) is 4.70. The van der Waals surface area contributed by atoms with Gasteiger partial charge in [-0.15, -0.1) is 0 Å². The minimum atomic E-state index is 0.337. The predicted molar refractivity (Wildman–Crippen MR) is 83.7 cm³/mol. The van der Waals surface area contributed by atoms with Gasteiger partial charge in [-0.25, -0.2) is 0 Å². The predicted octanol–water partition coefficient (Wildman–Crippen LogP) is 3.75. The molecule has 0 bridgehead atoms. The van der Waals surface area contributed by atoms with Crippen LogP contribution in [0, 0.1) is 11.3 Å². The molecule has 1 aromatic carbocycles. The van der Waals surface area contributed by atoms with Gasteiger partial charge in [-0.3, -0.25) is 0 Å². The van der Waals surface area contributed by atoms with E-state index in [4.69, 9.17) is 4.74 Å². The molecule has 3 heteroatoms. The van der Waals surface area contributed by atoms with E-state index >= 15 is 0 Å². The molecular formula is C17H24N2O. The number of unbranched alkanes of at least 4 members (excludes halogenated alkanes) is 1. The molecule has 1 atom stereocenters. The number of hydrogen-bond acceptors (Lipinski definition) is 3. The van der Waals surface area contributed by atoms with Crippen LogP contribution in [0.3, 0.4) is 0 Å². The van der Waals surface area contributed by atoms with Crippen molar-refractivity contribution in [2.24, 2.45) is 0 Å². The van der Waals surface area contributed by atoms with E-state index in [0.717, 1.165) is 24.8 Å². The Morgan fingerprint density at radius 3 is 2.80 bits per heavy atom. The normalized spacial score (nSPS) is 12.3. The van der Waals surface area contributed by atoms with Gasteiger partial charge in [-0.1, -0.05) is 44.6 Å². The molecule has 0 saturated carbocycles. The van der Waals surface area contributed by atoms with Crippen LogP contribution in [-0.2, 0) is 0 Å². The lowest BCUT2D eigenvalue weighted by Gasteiger charge is -2.12. The van der Waals surface area contributed by atoms with Gasteiger partial charge in [-0.05, 0) is 26.0 Å². The quantitative estimate of drug-likeness (QED) is 0.733. The van der Waals surface area contributed by atoms with E-state index in [-0.39, 0.29) is 0 Å². The standard InChI is InChI=1S/C17H24N2O/c1-4-6-12-20-17-14(8-7-9-15(17)13-18)10-11-16(5-2)19-3/h7-11,16,19H,4-6,12H2,1-3H3/b11-10+/t16-/m1/s1. The molecule has 3 nitrogen and oxygen atoms in total. The molecule has 0 aliphatic rings. The van der Waals surface area contributed by atoms with Gasteiger partial charge < -0.3 is 10.1 Å². The Labute approximate surface area is 122 Å². The number of hydrogen-bond donors (Lipinski definition) is 1. The molecule has 0 aliphatic heterocycles. The maximum Gasteiger partial charge on any atom is 0.144 e. The van der Waals surface area contributed by atoms with E-state index in [0.29, 0.717) is 24.0 Å². The van der Waals surface area contributed by atoms with Crippen molar-refractivity contribution in [1.29, 1.82) is 5.26 Å². The molecule has 0 radical (unpaired) electrons. The van der Waals surface area contributed by atoms with E-state index in [1.54, 1.807) is 6.07 Å². The Balaban J connectivity index is 2.96. The summed E-state index contributed by atoms with van der Waals surface area (Å²) in [6.45, 7) is 4.91. The fraction of sp³-hybridized carbons (Fsp3) is 0.471. The van der Waals surface area contributed by atoms with Crippen molar-refractivity contribution in [3.8, 4) is 11.8 Å². The van der Waals surface area contributed by atoms with E-state index < -0.39 is 0 Å². The summed E-state index contributed by atoms with van der Waals surface area (Å²) in [7, 11) is 1.95. The number of rotatable bonds is 8. The molecular weight excluding hydrogens is 248 g/mol. The lowest BCUT2D eigenvalue weighted by Crippen LogP contribution is -2.21. The third-order valence-electron chi connectivity index (χ3n) is 3.23.